The predicted octanol–water partition coefficient (Wildman–Crippen LogP) is 6.13. The molecule has 1 aliphatic heterocycles. The molecular weight excluding hydrogens is 597 g/mol. The van der Waals surface area contributed by atoms with Gasteiger partial charge in [0.05, 0.1) is 36.0 Å². The summed E-state index contributed by atoms with van der Waals surface area (Å²) in [6.07, 6.45) is -1.35. The first-order chi connectivity index (χ1) is 20.5. The van der Waals surface area contributed by atoms with Gasteiger partial charge in [0.15, 0.2) is 28.8 Å². The highest BCUT2D eigenvalue weighted by molar-refractivity contribution is 6.33. The second-order valence-corrected chi connectivity index (χ2v) is 10.4. The van der Waals surface area contributed by atoms with E-state index in [4.69, 9.17) is 16.3 Å². The Bertz CT molecular complexity index is 1670. The number of para-hydroxylation sites is 1. The average Bonchev–Trinajstić information content (AvgIpc) is 3.40. The Morgan fingerprint density at radius 1 is 1.09 bits per heavy atom. The first kappa shape index (κ1) is 30.2. The lowest BCUT2D eigenvalue weighted by Gasteiger charge is -2.33. The van der Waals surface area contributed by atoms with Crippen molar-refractivity contribution >= 4 is 40.6 Å². The van der Waals surface area contributed by atoms with Crippen molar-refractivity contribution < 1.29 is 36.3 Å². The summed E-state index contributed by atoms with van der Waals surface area (Å²) in [5.41, 5.74) is -0.347. The molecule has 0 unspecified atom stereocenters. The molecule has 0 bridgehead atoms. The molecule has 2 aromatic carbocycles. The van der Waals surface area contributed by atoms with E-state index in [1.807, 2.05) is 0 Å². The molecule has 0 radical (unpaired) electrons. The van der Waals surface area contributed by atoms with Gasteiger partial charge in [-0.25, -0.2) is 26.9 Å². The van der Waals surface area contributed by atoms with Crippen LogP contribution < -0.4 is 4.90 Å². The molecule has 0 N–H and O–H groups in total. The monoisotopic (exact) mass is 621 g/mol. The average molecular weight is 622 g/mol. The van der Waals surface area contributed by atoms with Crippen LogP contribution in [0.5, 0.6) is 0 Å². The van der Waals surface area contributed by atoms with Crippen molar-refractivity contribution in [2.45, 2.75) is 25.9 Å². The lowest BCUT2D eigenvalue weighted by atomic mass is 9.91. The number of halogens is 6. The minimum absolute atomic E-state index is 0.0225. The van der Waals surface area contributed by atoms with Crippen LogP contribution in [0.2, 0.25) is 5.02 Å². The van der Waals surface area contributed by atoms with Crippen LogP contribution in [0.25, 0.3) is 16.9 Å². The van der Waals surface area contributed by atoms with Gasteiger partial charge in [-0.1, -0.05) is 17.7 Å². The molecule has 1 aliphatic rings. The maximum atomic E-state index is 15.0. The zero-order chi connectivity index (χ0) is 31.0. The summed E-state index contributed by atoms with van der Waals surface area (Å²) in [6.45, 7) is 1.72. The Hall–Kier alpha value is -4.26. The van der Waals surface area contributed by atoms with Gasteiger partial charge in [-0.3, -0.25) is 9.59 Å². The fraction of sp³-hybridized carbons (Fsp3) is 0.310. The number of piperidine rings is 1. The van der Waals surface area contributed by atoms with Crippen molar-refractivity contribution in [2.24, 2.45) is 5.92 Å². The Morgan fingerprint density at radius 2 is 1.81 bits per heavy atom. The molecule has 5 rings (SSSR count). The summed E-state index contributed by atoms with van der Waals surface area (Å²) in [7, 11) is 1.46. The topological polar surface area (TPSA) is 80.0 Å². The number of carbonyl (C=O) groups is 2. The van der Waals surface area contributed by atoms with Crippen LogP contribution >= 0.6 is 11.6 Å². The molecule has 14 heteroatoms. The van der Waals surface area contributed by atoms with Crippen molar-refractivity contribution in [1.82, 2.24) is 19.5 Å². The molecule has 43 heavy (non-hydrogen) atoms. The van der Waals surface area contributed by atoms with E-state index in [0.717, 1.165) is 12.1 Å². The molecule has 0 spiro atoms. The minimum Gasteiger partial charge on any atom is -0.466 e. The number of alkyl halides is 1. The SMILES string of the molecule is CCOC(=O)C[C@@H]1CCN(C(=O)c2cc3nc(-c4cc(F)c(F)c(F)c4)cc(N(C)c4c(F)cccc4Cl)n3n2)C[C@@H]1F. The molecule has 4 aromatic rings. The van der Waals surface area contributed by atoms with Crippen LogP contribution in [-0.4, -0.2) is 64.3 Å². The van der Waals surface area contributed by atoms with Crippen LogP contribution in [-0.2, 0) is 9.53 Å². The van der Waals surface area contributed by atoms with Crippen LogP contribution in [0.3, 0.4) is 0 Å². The van der Waals surface area contributed by atoms with Gasteiger partial charge >= 0.3 is 5.97 Å². The molecular formula is C29H25ClF5N5O3. The molecule has 8 nitrogen and oxygen atoms in total. The molecule has 0 aliphatic carbocycles. The van der Waals surface area contributed by atoms with E-state index in [9.17, 15) is 31.5 Å². The Balaban J connectivity index is 1.54. The number of rotatable bonds is 7. The molecule has 3 heterocycles. The highest BCUT2D eigenvalue weighted by Crippen LogP contribution is 2.35. The molecule has 2 aromatic heterocycles. The highest BCUT2D eigenvalue weighted by atomic mass is 35.5. The van der Waals surface area contributed by atoms with Gasteiger partial charge in [-0.2, -0.15) is 9.61 Å². The Morgan fingerprint density at radius 3 is 2.47 bits per heavy atom. The fourth-order valence-corrected chi connectivity index (χ4v) is 5.33. The molecule has 1 saturated heterocycles. The maximum Gasteiger partial charge on any atom is 0.306 e. The van der Waals surface area contributed by atoms with Crippen molar-refractivity contribution in [3.05, 3.63) is 76.5 Å². The number of fused-ring (bicyclic) bond motifs is 1. The standard InChI is InChI=1S/C29H25ClF5N5O3/c1-3-43-26(41)11-15-7-8-39(14-21(15)34)29(42)23-12-24-36-22(16-9-19(32)27(35)20(33)10-16)13-25(40(24)37-23)38(2)28-17(30)5-4-6-18(28)31/h4-6,9-10,12-13,15,21H,3,7-8,11,14H2,1-2H3/t15-,21-/m0/s1. The number of ether oxygens (including phenoxy) is 1. The van der Waals surface area contributed by atoms with E-state index in [2.05, 4.69) is 10.1 Å². The van der Waals surface area contributed by atoms with Gasteiger partial charge < -0.3 is 14.5 Å². The predicted molar refractivity (Wildman–Crippen MR) is 148 cm³/mol. The van der Waals surface area contributed by atoms with E-state index in [0.29, 0.717) is 0 Å². The normalized spacial score (nSPS) is 16.9. The number of nitrogens with zero attached hydrogens (tertiary/aromatic N) is 5. The second kappa shape index (κ2) is 12.2. The van der Waals surface area contributed by atoms with Crippen molar-refractivity contribution in [3.8, 4) is 11.3 Å². The second-order valence-electron chi connectivity index (χ2n) is 10.0. The third kappa shape index (κ3) is 5.99. The zero-order valence-corrected chi connectivity index (χ0v) is 23.7. The maximum absolute atomic E-state index is 15.0. The lowest BCUT2D eigenvalue weighted by molar-refractivity contribution is -0.145. The van der Waals surface area contributed by atoms with Gasteiger partial charge in [0.2, 0.25) is 0 Å². The van der Waals surface area contributed by atoms with Gasteiger partial charge in [0.1, 0.15) is 17.8 Å². The summed E-state index contributed by atoms with van der Waals surface area (Å²) in [6, 6.07) is 8.16. The fourth-order valence-electron chi connectivity index (χ4n) is 5.04. The minimum atomic E-state index is -1.66. The Labute approximate surface area is 247 Å². The summed E-state index contributed by atoms with van der Waals surface area (Å²) in [5, 5.41) is 4.38. The van der Waals surface area contributed by atoms with Crippen molar-refractivity contribution in [1.29, 1.82) is 0 Å². The number of anilines is 2. The highest BCUT2D eigenvalue weighted by Gasteiger charge is 2.34. The molecule has 1 amide bonds. The number of amides is 1. The van der Waals surface area contributed by atoms with Crippen LogP contribution in [0, 0.1) is 29.2 Å². The van der Waals surface area contributed by atoms with Crippen LogP contribution in [0.15, 0.2) is 42.5 Å². The number of hydrogen-bond acceptors (Lipinski definition) is 6. The van der Waals surface area contributed by atoms with Gasteiger partial charge in [0, 0.05) is 37.2 Å². The smallest absolute Gasteiger partial charge is 0.306 e. The zero-order valence-electron chi connectivity index (χ0n) is 23.0. The van der Waals surface area contributed by atoms with E-state index in [-0.39, 0.29) is 71.7 Å². The number of hydrogen-bond donors (Lipinski definition) is 0. The van der Waals surface area contributed by atoms with E-state index >= 15 is 0 Å². The van der Waals surface area contributed by atoms with Crippen molar-refractivity contribution in [2.75, 3.05) is 31.6 Å². The number of likely N-dealkylation sites (tertiary alicyclic amines) is 1. The summed E-state index contributed by atoms with van der Waals surface area (Å²) in [4.78, 5) is 32.2. The Kier molecular flexibility index (Phi) is 8.54. The number of esters is 1. The first-order valence-corrected chi connectivity index (χ1v) is 13.7. The van der Waals surface area contributed by atoms with Gasteiger partial charge in [0.25, 0.3) is 5.91 Å². The third-order valence-electron chi connectivity index (χ3n) is 7.22. The molecule has 1 fully saturated rings. The number of benzene rings is 2. The molecule has 226 valence electrons. The number of aromatic nitrogens is 3. The quantitative estimate of drug-likeness (QED) is 0.140. The van der Waals surface area contributed by atoms with E-state index in [1.54, 1.807) is 6.92 Å². The first-order valence-electron chi connectivity index (χ1n) is 13.3. The molecule has 0 saturated carbocycles. The van der Waals surface area contributed by atoms with Crippen molar-refractivity contribution in [3.63, 3.8) is 0 Å². The van der Waals surface area contributed by atoms with Gasteiger partial charge in [-0.15, -0.1) is 0 Å². The largest absolute Gasteiger partial charge is 0.466 e. The van der Waals surface area contributed by atoms with E-state index in [1.165, 1.54) is 51.7 Å². The van der Waals surface area contributed by atoms with Crippen LogP contribution in [0.1, 0.15) is 30.3 Å². The van der Waals surface area contributed by atoms with Crippen LogP contribution in [0.4, 0.5) is 33.5 Å². The summed E-state index contributed by atoms with van der Waals surface area (Å²) in [5.74, 6) is -6.88. The van der Waals surface area contributed by atoms with Gasteiger partial charge in [-0.05, 0) is 37.6 Å². The molecule has 2 atom stereocenters. The lowest BCUT2D eigenvalue weighted by Crippen LogP contribution is -2.45. The van der Waals surface area contributed by atoms with E-state index < -0.39 is 47.2 Å². The number of carbonyl (C=O) groups excluding carboxylic acids is 2. The summed E-state index contributed by atoms with van der Waals surface area (Å²) >= 11 is 6.28. The summed E-state index contributed by atoms with van der Waals surface area (Å²) < 4.78 is 77.9. The third-order valence-corrected chi connectivity index (χ3v) is 7.53.